The standard InChI is InChI=1S/C7H3Br2F3/c8-3-1-4(7(11)12)6(10)5(9)2-3/h1-2,7H. The lowest BCUT2D eigenvalue weighted by Gasteiger charge is -2.03. The van der Waals surface area contributed by atoms with E-state index in [-0.39, 0.29) is 4.47 Å². The van der Waals surface area contributed by atoms with E-state index < -0.39 is 17.8 Å². The molecule has 0 atom stereocenters. The van der Waals surface area contributed by atoms with Crippen LogP contribution in [-0.2, 0) is 0 Å². The van der Waals surface area contributed by atoms with Crippen molar-refractivity contribution in [1.29, 1.82) is 0 Å². The lowest BCUT2D eigenvalue weighted by Crippen LogP contribution is -1.91. The van der Waals surface area contributed by atoms with Crippen LogP contribution in [0.1, 0.15) is 12.0 Å². The number of hydrogen-bond acceptors (Lipinski definition) is 0. The summed E-state index contributed by atoms with van der Waals surface area (Å²) in [6.45, 7) is 0. The molecule has 1 aromatic carbocycles. The summed E-state index contributed by atoms with van der Waals surface area (Å²) in [6.07, 6.45) is -2.79. The van der Waals surface area contributed by atoms with Crippen molar-refractivity contribution in [1.82, 2.24) is 0 Å². The minimum atomic E-state index is -2.79. The zero-order chi connectivity index (χ0) is 9.30. The molecule has 5 heteroatoms. The Kier molecular flexibility index (Phi) is 3.17. The highest BCUT2D eigenvalue weighted by molar-refractivity contribution is 9.11. The number of alkyl halides is 2. The van der Waals surface area contributed by atoms with Crippen LogP contribution in [0.25, 0.3) is 0 Å². The summed E-state index contributed by atoms with van der Waals surface area (Å²) >= 11 is 5.81. The molecule has 1 aromatic rings. The van der Waals surface area contributed by atoms with Gasteiger partial charge in [-0.25, -0.2) is 13.2 Å². The van der Waals surface area contributed by atoms with Gasteiger partial charge in [0.2, 0.25) is 0 Å². The first-order chi connectivity index (χ1) is 5.52. The molecule has 0 bridgehead atoms. The lowest BCUT2D eigenvalue weighted by atomic mass is 10.2. The first-order valence-corrected chi connectivity index (χ1v) is 4.53. The van der Waals surface area contributed by atoms with Gasteiger partial charge < -0.3 is 0 Å². The predicted molar refractivity (Wildman–Crippen MR) is 46.8 cm³/mol. The van der Waals surface area contributed by atoms with E-state index in [4.69, 9.17) is 0 Å². The summed E-state index contributed by atoms with van der Waals surface area (Å²) < 4.78 is 37.6. The Hall–Kier alpha value is -0.0300. The Balaban J connectivity index is 3.28. The smallest absolute Gasteiger partial charge is 0.205 e. The molecule has 0 fully saturated rings. The zero-order valence-electron chi connectivity index (χ0n) is 5.62. The van der Waals surface area contributed by atoms with Gasteiger partial charge in [-0.2, -0.15) is 0 Å². The van der Waals surface area contributed by atoms with Crippen LogP contribution in [0.2, 0.25) is 0 Å². The summed E-state index contributed by atoms with van der Waals surface area (Å²) in [4.78, 5) is 0. The van der Waals surface area contributed by atoms with E-state index in [1.807, 2.05) is 0 Å². The summed E-state index contributed by atoms with van der Waals surface area (Å²) in [5.41, 5.74) is -0.601. The third-order valence-electron chi connectivity index (χ3n) is 1.26. The minimum absolute atomic E-state index is 0.0344. The molecule has 0 nitrogen and oxygen atoms in total. The Morgan fingerprint density at radius 3 is 2.25 bits per heavy atom. The van der Waals surface area contributed by atoms with E-state index >= 15 is 0 Å². The summed E-state index contributed by atoms with van der Waals surface area (Å²) in [5, 5.41) is 0. The van der Waals surface area contributed by atoms with Crippen molar-refractivity contribution in [2.75, 3.05) is 0 Å². The van der Waals surface area contributed by atoms with Crippen molar-refractivity contribution in [3.05, 3.63) is 32.5 Å². The molecule has 66 valence electrons. The highest BCUT2D eigenvalue weighted by atomic mass is 79.9. The first kappa shape index (κ1) is 10.1. The molecular formula is C7H3Br2F3. The average Bonchev–Trinajstić information content (AvgIpc) is 1.96. The predicted octanol–water partition coefficient (Wildman–Crippen LogP) is 4.29. The summed E-state index contributed by atoms with van der Waals surface area (Å²) in [5.74, 6) is -0.909. The Morgan fingerprint density at radius 1 is 1.17 bits per heavy atom. The Morgan fingerprint density at radius 2 is 1.75 bits per heavy atom. The third kappa shape index (κ3) is 2.01. The van der Waals surface area contributed by atoms with Crippen molar-refractivity contribution in [3.63, 3.8) is 0 Å². The molecule has 0 N–H and O–H groups in total. The van der Waals surface area contributed by atoms with Gasteiger partial charge in [0, 0.05) is 4.47 Å². The van der Waals surface area contributed by atoms with E-state index in [0.717, 1.165) is 6.07 Å². The van der Waals surface area contributed by atoms with Gasteiger partial charge in [0.15, 0.2) is 0 Å². The van der Waals surface area contributed by atoms with Gasteiger partial charge >= 0.3 is 0 Å². The van der Waals surface area contributed by atoms with Crippen LogP contribution < -0.4 is 0 Å². The maximum atomic E-state index is 12.9. The van der Waals surface area contributed by atoms with Crippen LogP contribution in [0.15, 0.2) is 21.1 Å². The highest BCUT2D eigenvalue weighted by Crippen LogP contribution is 2.30. The van der Waals surface area contributed by atoms with Crippen molar-refractivity contribution in [3.8, 4) is 0 Å². The second-order valence-corrected chi connectivity index (χ2v) is 3.86. The zero-order valence-corrected chi connectivity index (χ0v) is 8.79. The third-order valence-corrected chi connectivity index (χ3v) is 2.29. The molecule has 0 aliphatic carbocycles. The van der Waals surface area contributed by atoms with E-state index in [9.17, 15) is 13.2 Å². The van der Waals surface area contributed by atoms with Gasteiger partial charge in [-0.3, -0.25) is 0 Å². The van der Waals surface area contributed by atoms with E-state index in [1.54, 1.807) is 0 Å². The molecule has 0 amide bonds. The van der Waals surface area contributed by atoms with Gasteiger partial charge in [0.25, 0.3) is 6.43 Å². The highest BCUT2D eigenvalue weighted by Gasteiger charge is 2.16. The fraction of sp³-hybridized carbons (Fsp3) is 0.143. The quantitative estimate of drug-likeness (QED) is 0.679. The normalized spacial score (nSPS) is 10.8. The minimum Gasteiger partial charge on any atom is -0.205 e. The average molecular weight is 304 g/mol. The van der Waals surface area contributed by atoms with Crippen LogP contribution in [0.3, 0.4) is 0 Å². The Bertz CT molecular complexity index is 299. The van der Waals surface area contributed by atoms with Crippen molar-refractivity contribution in [2.24, 2.45) is 0 Å². The van der Waals surface area contributed by atoms with Crippen LogP contribution in [0.5, 0.6) is 0 Å². The van der Waals surface area contributed by atoms with E-state index in [2.05, 4.69) is 31.9 Å². The Labute approximate surface area is 84.0 Å². The molecule has 0 saturated carbocycles. The van der Waals surface area contributed by atoms with E-state index in [0.29, 0.717) is 4.47 Å². The van der Waals surface area contributed by atoms with Gasteiger partial charge in [-0.05, 0) is 28.1 Å². The topological polar surface area (TPSA) is 0 Å². The molecule has 0 radical (unpaired) electrons. The number of halogens is 5. The van der Waals surface area contributed by atoms with Gasteiger partial charge in [-0.15, -0.1) is 0 Å². The SMILES string of the molecule is Fc1c(Br)cc(Br)cc1C(F)F. The summed E-state index contributed by atoms with van der Waals surface area (Å²) in [7, 11) is 0. The van der Waals surface area contributed by atoms with Crippen LogP contribution in [0, 0.1) is 5.82 Å². The molecule has 0 aliphatic rings. The maximum Gasteiger partial charge on any atom is 0.266 e. The molecule has 0 aromatic heterocycles. The van der Waals surface area contributed by atoms with Crippen LogP contribution in [0.4, 0.5) is 13.2 Å². The van der Waals surface area contributed by atoms with Crippen molar-refractivity contribution >= 4 is 31.9 Å². The molecular weight excluding hydrogens is 301 g/mol. The maximum absolute atomic E-state index is 12.9. The molecule has 1 rings (SSSR count). The monoisotopic (exact) mass is 302 g/mol. The van der Waals surface area contributed by atoms with Gasteiger partial charge in [0.05, 0.1) is 10.0 Å². The van der Waals surface area contributed by atoms with Crippen molar-refractivity contribution in [2.45, 2.75) is 6.43 Å². The molecule has 0 unspecified atom stereocenters. The lowest BCUT2D eigenvalue weighted by molar-refractivity contribution is 0.146. The van der Waals surface area contributed by atoms with Crippen LogP contribution >= 0.6 is 31.9 Å². The number of rotatable bonds is 1. The molecule has 0 heterocycles. The van der Waals surface area contributed by atoms with Gasteiger partial charge in [-0.1, -0.05) is 15.9 Å². The summed E-state index contributed by atoms with van der Waals surface area (Å²) in [6, 6.07) is 2.44. The van der Waals surface area contributed by atoms with Crippen LogP contribution in [-0.4, -0.2) is 0 Å². The van der Waals surface area contributed by atoms with Crippen molar-refractivity contribution < 1.29 is 13.2 Å². The second kappa shape index (κ2) is 3.79. The number of benzene rings is 1. The molecule has 0 aliphatic heterocycles. The fourth-order valence-electron chi connectivity index (χ4n) is 0.735. The van der Waals surface area contributed by atoms with E-state index in [1.165, 1.54) is 6.07 Å². The number of hydrogen-bond donors (Lipinski definition) is 0. The largest absolute Gasteiger partial charge is 0.266 e. The van der Waals surface area contributed by atoms with Gasteiger partial charge in [0.1, 0.15) is 5.82 Å². The first-order valence-electron chi connectivity index (χ1n) is 2.95. The molecule has 0 spiro atoms. The second-order valence-electron chi connectivity index (χ2n) is 2.09. The molecule has 0 saturated heterocycles. The fourth-order valence-corrected chi connectivity index (χ4v) is 1.99. The molecule has 12 heavy (non-hydrogen) atoms.